The van der Waals surface area contributed by atoms with E-state index in [-0.39, 0.29) is 23.9 Å². The van der Waals surface area contributed by atoms with E-state index in [2.05, 4.69) is 26.1 Å². The molecule has 0 aliphatic carbocycles. The highest BCUT2D eigenvalue weighted by atomic mass is 32.2. The number of carbonyl (C=O) groups is 2. The summed E-state index contributed by atoms with van der Waals surface area (Å²) < 4.78 is 26.5. The summed E-state index contributed by atoms with van der Waals surface area (Å²) in [5, 5.41) is 16.3. The van der Waals surface area contributed by atoms with Crippen LogP contribution in [-0.2, 0) is 9.59 Å². The molecular formula is C14H15F2N5O2S2. The van der Waals surface area contributed by atoms with Gasteiger partial charge in [-0.3, -0.25) is 9.59 Å². The third kappa shape index (κ3) is 6.27. The van der Waals surface area contributed by atoms with Crippen molar-refractivity contribution in [3.05, 3.63) is 29.8 Å². The van der Waals surface area contributed by atoms with Crippen LogP contribution in [0.3, 0.4) is 0 Å². The third-order valence-corrected chi connectivity index (χ3v) is 4.72. The maximum atomic E-state index is 13.0. The molecular weight excluding hydrogens is 372 g/mol. The fourth-order valence-electron chi connectivity index (χ4n) is 1.63. The van der Waals surface area contributed by atoms with Gasteiger partial charge in [0.2, 0.25) is 16.9 Å². The molecule has 2 aromatic rings. The molecule has 3 N–H and O–H groups in total. The zero-order chi connectivity index (χ0) is 18.2. The summed E-state index contributed by atoms with van der Waals surface area (Å²) in [7, 11) is 0. The molecule has 25 heavy (non-hydrogen) atoms. The first-order valence-electron chi connectivity index (χ1n) is 7.19. The molecule has 0 spiro atoms. The standard InChI is InChI=1S/C14H15F2N5O2S2/c1-2-17-13-20-21-14(25-13)24-7-12(23)18-6-11(22)19-8-3-4-9(15)10(16)5-8/h3-5H,2,6-7H2,1H3,(H,17,20)(H,18,23)(H,19,22). The van der Waals surface area contributed by atoms with Crippen molar-refractivity contribution in [2.24, 2.45) is 0 Å². The van der Waals surface area contributed by atoms with Gasteiger partial charge >= 0.3 is 0 Å². The average molecular weight is 387 g/mol. The summed E-state index contributed by atoms with van der Waals surface area (Å²) in [6.45, 7) is 2.39. The van der Waals surface area contributed by atoms with Gasteiger partial charge in [-0.2, -0.15) is 0 Å². The van der Waals surface area contributed by atoms with Crippen LogP contribution in [0.4, 0.5) is 19.6 Å². The Kier molecular flexibility index (Phi) is 7.07. The average Bonchev–Trinajstić information content (AvgIpc) is 3.02. The van der Waals surface area contributed by atoms with E-state index in [1.54, 1.807) is 0 Å². The van der Waals surface area contributed by atoms with Crippen LogP contribution in [0.1, 0.15) is 6.92 Å². The number of anilines is 2. The van der Waals surface area contributed by atoms with Crippen molar-refractivity contribution in [2.45, 2.75) is 11.3 Å². The Morgan fingerprint density at radius 3 is 2.72 bits per heavy atom. The molecule has 1 aromatic heterocycles. The van der Waals surface area contributed by atoms with Gasteiger partial charge in [0.15, 0.2) is 16.0 Å². The van der Waals surface area contributed by atoms with Crippen LogP contribution in [0.15, 0.2) is 22.5 Å². The first-order chi connectivity index (χ1) is 12.0. The van der Waals surface area contributed by atoms with Gasteiger partial charge in [0, 0.05) is 18.3 Å². The third-order valence-electron chi connectivity index (χ3n) is 2.71. The summed E-state index contributed by atoms with van der Waals surface area (Å²) in [6.07, 6.45) is 0. The number of nitrogens with one attached hydrogen (secondary N) is 3. The molecule has 134 valence electrons. The molecule has 0 saturated heterocycles. The number of hydrogen-bond donors (Lipinski definition) is 3. The van der Waals surface area contributed by atoms with Crippen molar-refractivity contribution in [3.8, 4) is 0 Å². The van der Waals surface area contributed by atoms with Crippen LogP contribution in [0, 0.1) is 11.6 Å². The van der Waals surface area contributed by atoms with Gasteiger partial charge in [-0.25, -0.2) is 8.78 Å². The minimum Gasteiger partial charge on any atom is -0.360 e. The fraction of sp³-hybridized carbons (Fsp3) is 0.286. The monoisotopic (exact) mass is 387 g/mol. The molecule has 0 aliphatic heterocycles. The lowest BCUT2D eigenvalue weighted by atomic mass is 10.3. The van der Waals surface area contributed by atoms with Crippen molar-refractivity contribution >= 4 is 45.7 Å². The van der Waals surface area contributed by atoms with Crippen LogP contribution in [0.5, 0.6) is 0 Å². The van der Waals surface area contributed by atoms with E-state index < -0.39 is 17.5 Å². The quantitative estimate of drug-likeness (QED) is 0.601. The SMILES string of the molecule is CCNc1nnc(SCC(=O)NCC(=O)Nc2ccc(F)c(F)c2)s1. The first-order valence-corrected chi connectivity index (χ1v) is 9.00. The maximum Gasteiger partial charge on any atom is 0.243 e. The number of hydrogen-bond acceptors (Lipinski definition) is 7. The lowest BCUT2D eigenvalue weighted by Gasteiger charge is -2.07. The Balaban J connectivity index is 1.71. The second-order valence-electron chi connectivity index (χ2n) is 4.65. The first kappa shape index (κ1) is 19.1. The Bertz CT molecular complexity index is 757. The summed E-state index contributed by atoms with van der Waals surface area (Å²) in [4.78, 5) is 23.4. The highest BCUT2D eigenvalue weighted by molar-refractivity contribution is 8.01. The number of halogens is 2. The largest absolute Gasteiger partial charge is 0.360 e. The number of benzene rings is 1. The van der Waals surface area contributed by atoms with E-state index in [0.29, 0.717) is 9.47 Å². The predicted molar refractivity (Wildman–Crippen MR) is 92.8 cm³/mol. The molecule has 0 unspecified atom stereocenters. The predicted octanol–water partition coefficient (Wildman–Crippen LogP) is 2.10. The van der Waals surface area contributed by atoms with E-state index >= 15 is 0 Å². The van der Waals surface area contributed by atoms with Crippen LogP contribution < -0.4 is 16.0 Å². The topological polar surface area (TPSA) is 96.0 Å². The van der Waals surface area contributed by atoms with E-state index in [1.807, 2.05) is 6.92 Å². The lowest BCUT2D eigenvalue weighted by Crippen LogP contribution is -2.33. The molecule has 0 atom stereocenters. The van der Waals surface area contributed by atoms with Crippen LogP contribution in [-0.4, -0.2) is 40.9 Å². The zero-order valence-corrected chi connectivity index (χ0v) is 14.8. The fourth-order valence-corrected chi connectivity index (χ4v) is 3.28. The van der Waals surface area contributed by atoms with Gasteiger partial charge in [0.05, 0.1) is 12.3 Å². The smallest absolute Gasteiger partial charge is 0.243 e. The van der Waals surface area contributed by atoms with Crippen LogP contribution >= 0.6 is 23.1 Å². The highest BCUT2D eigenvalue weighted by Crippen LogP contribution is 2.24. The normalized spacial score (nSPS) is 10.4. The van der Waals surface area contributed by atoms with Gasteiger partial charge < -0.3 is 16.0 Å². The number of carbonyl (C=O) groups excluding carboxylic acids is 2. The molecule has 0 aliphatic rings. The lowest BCUT2D eigenvalue weighted by molar-refractivity contribution is -0.122. The molecule has 0 radical (unpaired) electrons. The van der Waals surface area contributed by atoms with Gasteiger partial charge in [0.1, 0.15) is 0 Å². The summed E-state index contributed by atoms with van der Waals surface area (Å²) >= 11 is 2.54. The van der Waals surface area contributed by atoms with Crippen LogP contribution in [0.25, 0.3) is 0 Å². The minimum absolute atomic E-state index is 0.0826. The van der Waals surface area contributed by atoms with Crippen molar-refractivity contribution in [3.63, 3.8) is 0 Å². The minimum atomic E-state index is -1.06. The molecule has 11 heteroatoms. The molecule has 7 nitrogen and oxygen atoms in total. The van der Waals surface area contributed by atoms with E-state index in [4.69, 9.17) is 0 Å². The van der Waals surface area contributed by atoms with Crippen molar-refractivity contribution in [2.75, 3.05) is 29.5 Å². The molecule has 0 bridgehead atoms. The summed E-state index contributed by atoms with van der Waals surface area (Å²) in [5.41, 5.74) is 0.109. The number of rotatable bonds is 8. The number of aromatic nitrogens is 2. The molecule has 1 heterocycles. The summed E-state index contributed by atoms with van der Waals surface area (Å²) in [5.74, 6) is -2.89. The molecule has 0 fully saturated rings. The van der Waals surface area contributed by atoms with Gasteiger partial charge in [-0.15, -0.1) is 10.2 Å². The Hall–Kier alpha value is -2.27. The molecule has 2 amide bonds. The van der Waals surface area contributed by atoms with E-state index in [0.717, 1.165) is 18.7 Å². The maximum absolute atomic E-state index is 13.0. The van der Waals surface area contributed by atoms with Gasteiger partial charge in [-0.05, 0) is 19.1 Å². The molecule has 1 aromatic carbocycles. The second-order valence-corrected chi connectivity index (χ2v) is 6.85. The van der Waals surface area contributed by atoms with Crippen molar-refractivity contribution in [1.82, 2.24) is 15.5 Å². The van der Waals surface area contributed by atoms with E-state index in [1.165, 1.54) is 29.2 Å². The number of amides is 2. The van der Waals surface area contributed by atoms with Crippen molar-refractivity contribution < 1.29 is 18.4 Å². The Morgan fingerprint density at radius 1 is 1.20 bits per heavy atom. The Labute approximate surface area is 150 Å². The zero-order valence-electron chi connectivity index (χ0n) is 13.1. The summed E-state index contributed by atoms with van der Waals surface area (Å²) in [6, 6.07) is 3.00. The number of nitrogens with zero attached hydrogens (tertiary/aromatic N) is 2. The van der Waals surface area contributed by atoms with Crippen LogP contribution in [0.2, 0.25) is 0 Å². The molecule has 2 rings (SSSR count). The second kappa shape index (κ2) is 9.28. The number of thioether (sulfide) groups is 1. The molecule has 0 saturated carbocycles. The van der Waals surface area contributed by atoms with E-state index in [9.17, 15) is 18.4 Å². The Morgan fingerprint density at radius 2 is 2.00 bits per heavy atom. The van der Waals surface area contributed by atoms with Crippen molar-refractivity contribution in [1.29, 1.82) is 0 Å². The highest BCUT2D eigenvalue weighted by Gasteiger charge is 2.10. The van der Waals surface area contributed by atoms with Gasteiger partial charge in [0.25, 0.3) is 0 Å². The van der Waals surface area contributed by atoms with Gasteiger partial charge in [-0.1, -0.05) is 23.1 Å².